The molecule has 18 heavy (non-hydrogen) atoms. The van der Waals surface area contributed by atoms with Crippen molar-refractivity contribution in [2.24, 2.45) is 16.5 Å². The molecule has 0 amide bonds. The van der Waals surface area contributed by atoms with Crippen LogP contribution in [0.1, 0.15) is 12.5 Å². The Morgan fingerprint density at radius 1 is 1.28 bits per heavy atom. The normalized spacial score (nSPS) is 10.6. The number of nitrogens with zero attached hydrogens (tertiary/aromatic N) is 2. The molecule has 0 heterocycles. The minimum Gasteiger partial charge on any atom is -0.370 e. The largest absolute Gasteiger partial charge is 0.370 e. The van der Waals surface area contributed by atoms with Crippen molar-refractivity contribution in [1.82, 2.24) is 4.90 Å². The molecule has 0 bridgehead atoms. The number of hydrogen-bond donors (Lipinski definition) is 3. The molecule has 0 aliphatic heterocycles. The average Bonchev–Trinajstić information content (AvgIpc) is 2.30. The molecule has 5 N–H and O–H groups in total. The second-order valence-electron chi connectivity index (χ2n) is 3.61. The Labute approximate surface area is 114 Å². The van der Waals surface area contributed by atoms with Gasteiger partial charge in [0, 0.05) is 13.1 Å². The topological polar surface area (TPSA) is 91.5 Å². The highest BCUT2D eigenvalue weighted by atomic mass is 35.5. The van der Waals surface area contributed by atoms with Crippen LogP contribution in [0.3, 0.4) is 0 Å². The number of nitrogens with two attached hydrogens (primary N) is 2. The Bertz CT molecular complexity index is 391. The van der Waals surface area contributed by atoms with E-state index < -0.39 is 0 Å². The van der Waals surface area contributed by atoms with Gasteiger partial charge in [0.2, 0.25) is 0 Å². The van der Waals surface area contributed by atoms with Crippen LogP contribution in [-0.2, 0) is 6.42 Å². The van der Waals surface area contributed by atoms with Crippen LogP contribution in [0.5, 0.6) is 0 Å². The van der Waals surface area contributed by atoms with Crippen molar-refractivity contribution < 1.29 is 0 Å². The summed E-state index contributed by atoms with van der Waals surface area (Å²) in [6.45, 7) is 3.04. The van der Waals surface area contributed by atoms with Crippen molar-refractivity contribution in [2.75, 3.05) is 13.1 Å². The third-order valence-corrected chi connectivity index (χ3v) is 2.35. The molecule has 5 nitrogen and oxygen atoms in total. The van der Waals surface area contributed by atoms with Gasteiger partial charge in [0.15, 0.2) is 11.9 Å². The van der Waals surface area contributed by atoms with Gasteiger partial charge in [-0.2, -0.15) is 0 Å². The highest BCUT2D eigenvalue weighted by Gasteiger charge is 2.10. The van der Waals surface area contributed by atoms with E-state index in [1.54, 1.807) is 0 Å². The Morgan fingerprint density at radius 2 is 1.89 bits per heavy atom. The van der Waals surface area contributed by atoms with E-state index in [1.807, 2.05) is 37.3 Å². The standard InChI is InChI=1S/C12H19N5.ClH/c1-2-16-12(15)17(11(13)14)9-8-10-6-4-3-5-7-10;/h3-7H,2,8-9H2,1H3,(H3,13,14)(H2,15,16);1H. The fourth-order valence-electron chi connectivity index (χ4n) is 1.49. The average molecular weight is 270 g/mol. The summed E-state index contributed by atoms with van der Waals surface area (Å²) in [6, 6.07) is 10.0. The summed E-state index contributed by atoms with van der Waals surface area (Å²) in [4.78, 5) is 5.57. The number of benzene rings is 1. The van der Waals surface area contributed by atoms with E-state index >= 15 is 0 Å². The molecule has 6 heteroatoms. The maximum absolute atomic E-state index is 7.47. The van der Waals surface area contributed by atoms with Gasteiger partial charge in [-0.15, -0.1) is 12.4 Å². The molecule has 1 rings (SSSR count). The molecule has 1 aromatic carbocycles. The monoisotopic (exact) mass is 269 g/mol. The van der Waals surface area contributed by atoms with Gasteiger partial charge in [-0.25, -0.2) is 0 Å². The van der Waals surface area contributed by atoms with Crippen LogP contribution in [0, 0.1) is 5.41 Å². The third-order valence-electron chi connectivity index (χ3n) is 2.35. The molecule has 0 saturated carbocycles. The summed E-state index contributed by atoms with van der Waals surface area (Å²) in [5, 5.41) is 7.47. The van der Waals surface area contributed by atoms with Gasteiger partial charge in [-0.1, -0.05) is 30.3 Å². The number of aliphatic imine (C=N–C) groups is 1. The molecule has 0 aliphatic carbocycles. The Hall–Kier alpha value is -1.75. The van der Waals surface area contributed by atoms with E-state index in [0.717, 1.165) is 6.42 Å². The van der Waals surface area contributed by atoms with Crippen molar-refractivity contribution in [2.45, 2.75) is 13.3 Å². The Morgan fingerprint density at radius 3 is 2.39 bits per heavy atom. The zero-order valence-electron chi connectivity index (χ0n) is 10.5. The molecule has 0 fully saturated rings. The number of halogens is 1. The van der Waals surface area contributed by atoms with Gasteiger partial charge in [-0.05, 0) is 18.9 Å². The third kappa shape index (κ3) is 5.05. The quantitative estimate of drug-likeness (QED) is 0.566. The fourth-order valence-corrected chi connectivity index (χ4v) is 1.49. The fraction of sp³-hybridized carbons (Fsp3) is 0.333. The molecule has 0 radical (unpaired) electrons. The molecule has 0 spiro atoms. The highest BCUT2D eigenvalue weighted by Crippen LogP contribution is 2.01. The lowest BCUT2D eigenvalue weighted by Gasteiger charge is -2.21. The second kappa shape index (κ2) is 8.36. The lowest BCUT2D eigenvalue weighted by Crippen LogP contribution is -2.46. The summed E-state index contributed by atoms with van der Waals surface area (Å²) >= 11 is 0. The van der Waals surface area contributed by atoms with Crippen molar-refractivity contribution >= 4 is 24.3 Å². The van der Waals surface area contributed by atoms with Crippen LogP contribution in [0.2, 0.25) is 0 Å². The summed E-state index contributed by atoms with van der Waals surface area (Å²) < 4.78 is 0. The lowest BCUT2D eigenvalue weighted by atomic mass is 10.1. The van der Waals surface area contributed by atoms with Gasteiger partial charge in [0.25, 0.3) is 0 Å². The minimum absolute atomic E-state index is 0. The summed E-state index contributed by atoms with van der Waals surface area (Å²) in [5.41, 5.74) is 12.4. The number of rotatable bonds is 4. The summed E-state index contributed by atoms with van der Waals surface area (Å²) in [7, 11) is 0. The SMILES string of the molecule is CCN=C(N)N(CCc1ccccc1)C(=N)N.Cl. The number of hydrogen-bond acceptors (Lipinski definition) is 2. The van der Waals surface area contributed by atoms with E-state index in [2.05, 4.69) is 4.99 Å². The lowest BCUT2D eigenvalue weighted by molar-refractivity contribution is 0.585. The number of guanidine groups is 2. The van der Waals surface area contributed by atoms with Crippen LogP contribution in [0.15, 0.2) is 35.3 Å². The van der Waals surface area contributed by atoms with Crippen LogP contribution in [0.4, 0.5) is 0 Å². The highest BCUT2D eigenvalue weighted by molar-refractivity contribution is 5.95. The molecule has 0 aromatic heterocycles. The van der Waals surface area contributed by atoms with Crippen molar-refractivity contribution in [1.29, 1.82) is 5.41 Å². The van der Waals surface area contributed by atoms with E-state index in [-0.39, 0.29) is 18.4 Å². The molecule has 1 aromatic rings. The smallest absolute Gasteiger partial charge is 0.198 e. The van der Waals surface area contributed by atoms with E-state index in [9.17, 15) is 0 Å². The van der Waals surface area contributed by atoms with Crippen LogP contribution in [0.25, 0.3) is 0 Å². The van der Waals surface area contributed by atoms with Crippen molar-refractivity contribution in [3.05, 3.63) is 35.9 Å². The van der Waals surface area contributed by atoms with Gasteiger partial charge in [0.1, 0.15) is 0 Å². The van der Waals surface area contributed by atoms with Crippen molar-refractivity contribution in [3.8, 4) is 0 Å². The van der Waals surface area contributed by atoms with Crippen LogP contribution in [-0.4, -0.2) is 29.9 Å². The Kier molecular flexibility index (Phi) is 7.54. The molecular formula is C12H20ClN5. The summed E-state index contributed by atoms with van der Waals surface area (Å²) in [6.07, 6.45) is 0.778. The zero-order chi connectivity index (χ0) is 12.7. The predicted molar refractivity (Wildman–Crippen MR) is 78.2 cm³/mol. The van der Waals surface area contributed by atoms with Crippen LogP contribution >= 0.6 is 12.4 Å². The second-order valence-corrected chi connectivity index (χ2v) is 3.61. The van der Waals surface area contributed by atoms with Gasteiger partial charge in [0.05, 0.1) is 0 Å². The predicted octanol–water partition coefficient (Wildman–Crippen LogP) is 1.18. The maximum atomic E-state index is 7.47. The van der Waals surface area contributed by atoms with Gasteiger partial charge < -0.3 is 11.5 Å². The molecule has 0 unspecified atom stereocenters. The van der Waals surface area contributed by atoms with E-state index in [0.29, 0.717) is 19.0 Å². The first kappa shape index (κ1) is 16.2. The van der Waals surface area contributed by atoms with Gasteiger partial charge in [-0.3, -0.25) is 15.3 Å². The van der Waals surface area contributed by atoms with Gasteiger partial charge >= 0.3 is 0 Å². The molecule has 0 aliphatic rings. The Balaban J connectivity index is 0.00000289. The first-order chi connectivity index (χ1) is 8.15. The summed E-state index contributed by atoms with van der Waals surface area (Å²) in [5.74, 6) is 0.228. The number of nitrogens with one attached hydrogen (secondary N) is 1. The zero-order valence-corrected chi connectivity index (χ0v) is 11.3. The first-order valence-electron chi connectivity index (χ1n) is 5.60. The molecule has 0 atom stereocenters. The van der Waals surface area contributed by atoms with Crippen LogP contribution < -0.4 is 11.5 Å². The van der Waals surface area contributed by atoms with E-state index in [1.165, 1.54) is 10.5 Å². The van der Waals surface area contributed by atoms with Crippen molar-refractivity contribution in [3.63, 3.8) is 0 Å². The first-order valence-corrected chi connectivity index (χ1v) is 5.60. The molecule has 0 saturated heterocycles. The maximum Gasteiger partial charge on any atom is 0.198 e. The minimum atomic E-state index is -0.0735. The molecular weight excluding hydrogens is 250 g/mol. The van der Waals surface area contributed by atoms with E-state index in [4.69, 9.17) is 16.9 Å². The molecule has 100 valence electrons.